The highest BCUT2D eigenvalue weighted by Crippen LogP contribution is 2.15. The Labute approximate surface area is 146 Å². The number of hydrogen-bond donors (Lipinski definition) is 4. The van der Waals surface area contributed by atoms with E-state index < -0.39 is 10.1 Å². The first-order valence-corrected chi connectivity index (χ1v) is 8.81. The Bertz CT molecular complexity index is 1270. The maximum Gasteiger partial charge on any atom is 0.345 e. The van der Waals surface area contributed by atoms with E-state index in [1.807, 2.05) is 24.3 Å². The molecule has 2 aromatic carbocycles. The Morgan fingerprint density at radius 3 is 2.44 bits per heavy atom. The van der Waals surface area contributed by atoms with Gasteiger partial charge in [0.2, 0.25) is 0 Å². The Morgan fingerprint density at radius 2 is 1.68 bits per heavy atom. The SMILES string of the molecule is O=S(=O)(O)c1ccc2[nH]c(=S)[nH]c2c1.O=c1ncc2ccccc2[nH]1. The summed E-state index contributed by atoms with van der Waals surface area (Å²) in [6.07, 6.45) is 1.56. The van der Waals surface area contributed by atoms with Crippen LogP contribution in [0.25, 0.3) is 21.9 Å². The highest BCUT2D eigenvalue weighted by atomic mass is 32.2. The van der Waals surface area contributed by atoms with Crippen molar-refractivity contribution in [2.24, 2.45) is 0 Å². The van der Waals surface area contributed by atoms with Gasteiger partial charge in [-0.25, -0.2) is 9.78 Å². The van der Waals surface area contributed by atoms with Crippen LogP contribution in [-0.2, 0) is 10.1 Å². The molecule has 0 spiro atoms. The number of para-hydroxylation sites is 1. The molecule has 8 nitrogen and oxygen atoms in total. The predicted octanol–water partition coefficient (Wildman–Crippen LogP) is 2.40. The monoisotopic (exact) mass is 376 g/mol. The molecule has 0 aliphatic heterocycles. The standard InChI is InChI=1S/C8H6N2O.C7H6N2O3S2/c11-8-9-5-6-3-1-2-4-7(6)10-8;10-14(11,12)4-1-2-5-6(3-4)9-7(13)8-5/h1-5H,(H,9,10,11);1-3H,(H2,8,9,13)(H,10,11,12). The summed E-state index contributed by atoms with van der Waals surface area (Å²) in [5.41, 5.74) is 1.77. The van der Waals surface area contributed by atoms with Crippen LogP contribution in [0.4, 0.5) is 0 Å². The third-order valence-electron chi connectivity index (χ3n) is 3.31. The van der Waals surface area contributed by atoms with Crippen molar-refractivity contribution in [2.75, 3.05) is 0 Å². The van der Waals surface area contributed by atoms with Crippen molar-refractivity contribution >= 4 is 44.3 Å². The Morgan fingerprint density at radius 1 is 0.960 bits per heavy atom. The molecule has 2 aromatic heterocycles. The van der Waals surface area contributed by atoms with E-state index >= 15 is 0 Å². The van der Waals surface area contributed by atoms with Crippen LogP contribution in [0.3, 0.4) is 0 Å². The van der Waals surface area contributed by atoms with Gasteiger partial charge in [-0.1, -0.05) is 18.2 Å². The van der Waals surface area contributed by atoms with E-state index in [2.05, 4.69) is 19.9 Å². The summed E-state index contributed by atoms with van der Waals surface area (Å²) in [6.45, 7) is 0. The zero-order valence-electron chi connectivity index (χ0n) is 12.6. The first-order chi connectivity index (χ1) is 11.8. The van der Waals surface area contributed by atoms with E-state index in [-0.39, 0.29) is 10.6 Å². The van der Waals surface area contributed by atoms with Crippen LogP contribution in [0.1, 0.15) is 0 Å². The first-order valence-electron chi connectivity index (χ1n) is 6.96. The van der Waals surface area contributed by atoms with Crippen molar-refractivity contribution in [1.29, 1.82) is 0 Å². The largest absolute Gasteiger partial charge is 0.345 e. The lowest BCUT2D eigenvalue weighted by molar-refractivity contribution is 0.483. The molecular weight excluding hydrogens is 364 g/mol. The number of H-pyrrole nitrogens is 3. The highest BCUT2D eigenvalue weighted by Gasteiger charge is 2.10. The van der Waals surface area contributed by atoms with E-state index in [1.54, 1.807) is 6.20 Å². The molecule has 0 radical (unpaired) electrons. The third-order valence-corrected chi connectivity index (χ3v) is 4.36. The molecule has 0 amide bonds. The average Bonchev–Trinajstić information content (AvgIpc) is 2.93. The number of aromatic amines is 3. The van der Waals surface area contributed by atoms with Gasteiger partial charge in [0.15, 0.2) is 4.77 Å². The topological polar surface area (TPSA) is 132 Å². The molecule has 128 valence electrons. The number of rotatable bonds is 1. The molecule has 0 aliphatic rings. The summed E-state index contributed by atoms with van der Waals surface area (Å²) in [5.74, 6) is 0. The van der Waals surface area contributed by atoms with Crippen molar-refractivity contribution in [3.63, 3.8) is 0 Å². The van der Waals surface area contributed by atoms with E-state index in [4.69, 9.17) is 16.8 Å². The van der Waals surface area contributed by atoms with Gasteiger partial charge in [-0.3, -0.25) is 4.55 Å². The number of benzene rings is 2. The zero-order valence-corrected chi connectivity index (χ0v) is 14.2. The van der Waals surface area contributed by atoms with Gasteiger partial charge in [-0.2, -0.15) is 8.42 Å². The fourth-order valence-corrected chi connectivity index (χ4v) is 2.90. The van der Waals surface area contributed by atoms with Gasteiger partial charge in [-0.05, 0) is 36.5 Å². The summed E-state index contributed by atoms with van der Waals surface area (Å²) in [6, 6.07) is 11.7. The molecule has 0 saturated heterocycles. The Hall–Kier alpha value is -2.82. The predicted molar refractivity (Wildman–Crippen MR) is 95.7 cm³/mol. The Kier molecular flexibility index (Phi) is 4.49. The summed E-state index contributed by atoms with van der Waals surface area (Å²) < 4.78 is 30.8. The second-order valence-corrected chi connectivity index (χ2v) is 6.87. The average molecular weight is 376 g/mol. The van der Waals surface area contributed by atoms with Crippen molar-refractivity contribution < 1.29 is 13.0 Å². The zero-order chi connectivity index (χ0) is 18.0. The van der Waals surface area contributed by atoms with Crippen molar-refractivity contribution in [2.45, 2.75) is 4.90 Å². The van der Waals surface area contributed by atoms with E-state index in [0.29, 0.717) is 15.8 Å². The number of imidazole rings is 1. The maximum atomic E-state index is 10.8. The smallest absolute Gasteiger partial charge is 0.331 e. The minimum atomic E-state index is -4.15. The van der Waals surface area contributed by atoms with Crippen LogP contribution in [-0.4, -0.2) is 32.9 Å². The van der Waals surface area contributed by atoms with E-state index in [1.165, 1.54) is 18.2 Å². The number of nitrogens with zero attached hydrogens (tertiary/aromatic N) is 1. The molecule has 4 aromatic rings. The van der Waals surface area contributed by atoms with Gasteiger partial charge >= 0.3 is 5.69 Å². The molecule has 0 unspecified atom stereocenters. The summed E-state index contributed by atoms with van der Waals surface area (Å²) in [4.78, 5) is 22.4. The second kappa shape index (κ2) is 6.59. The molecule has 0 atom stereocenters. The summed E-state index contributed by atoms with van der Waals surface area (Å²) in [5, 5.41) is 0.951. The number of fused-ring (bicyclic) bond motifs is 2. The summed E-state index contributed by atoms with van der Waals surface area (Å²) >= 11 is 4.83. The van der Waals surface area contributed by atoms with E-state index in [0.717, 1.165) is 10.9 Å². The van der Waals surface area contributed by atoms with Gasteiger partial charge < -0.3 is 15.0 Å². The minimum Gasteiger partial charge on any atom is -0.331 e. The quantitative estimate of drug-likeness (QED) is 0.298. The summed E-state index contributed by atoms with van der Waals surface area (Å²) in [7, 11) is -4.15. The fraction of sp³-hybridized carbons (Fsp3) is 0. The van der Waals surface area contributed by atoms with Crippen LogP contribution in [0, 0.1) is 4.77 Å². The third kappa shape index (κ3) is 3.99. The van der Waals surface area contributed by atoms with Crippen LogP contribution in [0.15, 0.2) is 58.4 Å². The molecule has 4 N–H and O–H groups in total. The molecule has 0 saturated carbocycles. The van der Waals surface area contributed by atoms with Gasteiger partial charge in [0.05, 0.1) is 21.4 Å². The van der Waals surface area contributed by atoms with Crippen molar-refractivity contribution in [3.8, 4) is 0 Å². The van der Waals surface area contributed by atoms with Crippen LogP contribution in [0.5, 0.6) is 0 Å². The molecule has 0 fully saturated rings. The molecule has 25 heavy (non-hydrogen) atoms. The molecule has 4 rings (SSSR count). The molecule has 0 bridgehead atoms. The molecule has 2 heterocycles. The van der Waals surface area contributed by atoms with Crippen LogP contribution in [0.2, 0.25) is 0 Å². The van der Waals surface area contributed by atoms with Crippen molar-refractivity contribution in [3.05, 3.63) is 63.9 Å². The second-order valence-electron chi connectivity index (χ2n) is 5.04. The van der Waals surface area contributed by atoms with Gasteiger partial charge in [-0.15, -0.1) is 0 Å². The number of nitrogens with one attached hydrogen (secondary N) is 3. The first kappa shape index (κ1) is 17.0. The van der Waals surface area contributed by atoms with Crippen molar-refractivity contribution in [1.82, 2.24) is 19.9 Å². The molecular formula is C15H12N4O4S2. The lowest BCUT2D eigenvalue weighted by Crippen LogP contribution is -2.07. The highest BCUT2D eigenvalue weighted by molar-refractivity contribution is 7.85. The minimum absolute atomic E-state index is 0.157. The van der Waals surface area contributed by atoms with Crippen LogP contribution >= 0.6 is 12.2 Å². The van der Waals surface area contributed by atoms with E-state index in [9.17, 15) is 13.2 Å². The lowest BCUT2D eigenvalue weighted by atomic mass is 10.2. The fourth-order valence-electron chi connectivity index (χ4n) is 2.17. The van der Waals surface area contributed by atoms with Crippen LogP contribution < -0.4 is 5.69 Å². The number of aromatic nitrogens is 4. The normalized spacial score (nSPS) is 11.2. The molecule has 0 aliphatic carbocycles. The van der Waals surface area contributed by atoms with Gasteiger partial charge in [0.1, 0.15) is 0 Å². The lowest BCUT2D eigenvalue weighted by Gasteiger charge is -1.95. The van der Waals surface area contributed by atoms with Gasteiger partial charge in [0, 0.05) is 11.6 Å². The number of hydrogen-bond acceptors (Lipinski definition) is 5. The molecule has 10 heteroatoms. The maximum absolute atomic E-state index is 10.8. The van der Waals surface area contributed by atoms with Gasteiger partial charge in [0.25, 0.3) is 10.1 Å². The Balaban J connectivity index is 0.000000150.